The van der Waals surface area contributed by atoms with Crippen LogP contribution in [0.3, 0.4) is 0 Å². The zero-order valence-electron chi connectivity index (χ0n) is 13.6. The molecule has 0 bridgehead atoms. The Kier molecular flexibility index (Phi) is 6.11. The lowest BCUT2D eigenvalue weighted by atomic mass is 10.2. The van der Waals surface area contributed by atoms with Gasteiger partial charge in [-0.05, 0) is 20.8 Å². The number of amides is 1. The van der Waals surface area contributed by atoms with Crippen molar-refractivity contribution in [1.82, 2.24) is 9.62 Å². The highest BCUT2D eigenvalue weighted by Gasteiger charge is 2.45. The molecule has 1 rings (SSSR count). The SMILES string of the molecule is COC(=O)CNC(=O)CC1CS(=O)(=O)N1CC(=O)OC(C)(C)C. The van der Waals surface area contributed by atoms with Gasteiger partial charge in [0.1, 0.15) is 18.7 Å². The van der Waals surface area contributed by atoms with Gasteiger partial charge >= 0.3 is 11.9 Å². The minimum Gasteiger partial charge on any atom is -0.468 e. The first-order valence-corrected chi connectivity index (χ1v) is 8.60. The molecule has 0 aromatic rings. The lowest BCUT2D eigenvalue weighted by Crippen LogP contribution is -2.59. The van der Waals surface area contributed by atoms with E-state index in [1.165, 1.54) is 7.11 Å². The summed E-state index contributed by atoms with van der Waals surface area (Å²) < 4.78 is 33.9. The summed E-state index contributed by atoms with van der Waals surface area (Å²) >= 11 is 0. The van der Waals surface area contributed by atoms with Gasteiger partial charge in [0.05, 0.1) is 12.9 Å². The third-order valence-corrected chi connectivity index (χ3v) is 4.90. The molecule has 132 valence electrons. The van der Waals surface area contributed by atoms with Crippen molar-refractivity contribution in [3.8, 4) is 0 Å². The summed E-state index contributed by atoms with van der Waals surface area (Å²) in [4.78, 5) is 34.4. The Hall–Kier alpha value is -1.68. The number of ether oxygens (including phenoxy) is 2. The normalized spacial score (nSPS) is 20.3. The smallest absolute Gasteiger partial charge is 0.325 e. The highest BCUT2D eigenvalue weighted by Crippen LogP contribution is 2.24. The Balaban J connectivity index is 2.55. The third-order valence-electron chi connectivity index (χ3n) is 2.95. The van der Waals surface area contributed by atoms with Crippen LogP contribution in [0.1, 0.15) is 27.2 Å². The molecule has 0 radical (unpaired) electrons. The second-order valence-electron chi connectivity index (χ2n) is 6.12. The maximum absolute atomic E-state index is 11.7. The van der Waals surface area contributed by atoms with Gasteiger partial charge in [0.25, 0.3) is 0 Å². The fraction of sp³-hybridized carbons (Fsp3) is 0.769. The fourth-order valence-electron chi connectivity index (χ4n) is 1.98. The first-order valence-electron chi connectivity index (χ1n) is 6.99. The van der Waals surface area contributed by atoms with Gasteiger partial charge in [-0.2, -0.15) is 4.31 Å². The average molecular weight is 350 g/mol. The lowest BCUT2D eigenvalue weighted by Gasteiger charge is -2.39. The molecule has 0 aromatic carbocycles. The number of hydrogen-bond acceptors (Lipinski definition) is 7. The molecule has 0 aliphatic carbocycles. The molecular weight excluding hydrogens is 328 g/mol. The molecule has 9 nitrogen and oxygen atoms in total. The molecule has 0 aromatic heterocycles. The maximum Gasteiger partial charge on any atom is 0.325 e. The minimum atomic E-state index is -3.54. The largest absolute Gasteiger partial charge is 0.468 e. The van der Waals surface area contributed by atoms with Crippen molar-refractivity contribution in [3.63, 3.8) is 0 Å². The standard InChI is InChI=1S/C13H22N2O7S/c1-13(2,3)22-12(18)7-15-9(8-23(15,19)20)5-10(16)14-6-11(17)21-4/h9H,5-8H2,1-4H3,(H,14,16). The number of carbonyl (C=O) groups excluding carboxylic acids is 3. The highest BCUT2D eigenvalue weighted by atomic mass is 32.2. The molecule has 0 spiro atoms. The van der Waals surface area contributed by atoms with Crippen LogP contribution in [0, 0.1) is 0 Å². The molecule has 10 heteroatoms. The van der Waals surface area contributed by atoms with E-state index in [2.05, 4.69) is 10.1 Å². The van der Waals surface area contributed by atoms with Crippen molar-refractivity contribution in [1.29, 1.82) is 0 Å². The van der Waals surface area contributed by atoms with Crippen LogP contribution in [0.25, 0.3) is 0 Å². The number of esters is 2. The van der Waals surface area contributed by atoms with E-state index in [1.807, 2.05) is 0 Å². The summed E-state index contributed by atoms with van der Waals surface area (Å²) in [5.41, 5.74) is -0.723. The van der Waals surface area contributed by atoms with Gasteiger partial charge < -0.3 is 14.8 Å². The van der Waals surface area contributed by atoms with Crippen molar-refractivity contribution in [2.24, 2.45) is 0 Å². The summed E-state index contributed by atoms with van der Waals surface area (Å²) in [6.45, 7) is 4.29. The van der Waals surface area contributed by atoms with Crippen LogP contribution in [0.4, 0.5) is 0 Å². The van der Waals surface area contributed by atoms with Crippen LogP contribution in [0.15, 0.2) is 0 Å². The molecular formula is C13H22N2O7S. The third kappa shape index (κ3) is 6.14. The monoisotopic (exact) mass is 350 g/mol. The van der Waals surface area contributed by atoms with E-state index < -0.39 is 46.1 Å². The maximum atomic E-state index is 11.7. The van der Waals surface area contributed by atoms with E-state index >= 15 is 0 Å². The molecule has 1 fully saturated rings. The van der Waals surface area contributed by atoms with Gasteiger partial charge in [-0.3, -0.25) is 14.4 Å². The van der Waals surface area contributed by atoms with E-state index in [4.69, 9.17) is 4.74 Å². The van der Waals surface area contributed by atoms with Gasteiger partial charge in [-0.1, -0.05) is 0 Å². The molecule has 1 heterocycles. The minimum absolute atomic E-state index is 0.140. The molecule has 1 N–H and O–H groups in total. The van der Waals surface area contributed by atoms with Crippen molar-refractivity contribution >= 4 is 27.9 Å². The Morgan fingerprint density at radius 3 is 2.30 bits per heavy atom. The van der Waals surface area contributed by atoms with E-state index in [-0.39, 0.29) is 18.7 Å². The molecule has 1 aliphatic rings. The number of carbonyl (C=O) groups is 3. The Bertz CT molecular complexity index is 580. The van der Waals surface area contributed by atoms with Gasteiger partial charge in [-0.15, -0.1) is 0 Å². The van der Waals surface area contributed by atoms with Crippen LogP contribution in [0.2, 0.25) is 0 Å². The molecule has 23 heavy (non-hydrogen) atoms. The van der Waals surface area contributed by atoms with Gasteiger partial charge in [-0.25, -0.2) is 8.42 Å². The summed E-state index contributed by atoms with van der Waals surface area (Å²) in [6.07, 6.45) is -0.140. The Morgan fingerprint density at radius 1 is 1.22 bits per heavy atom. The van der Waals surface area contributed by atoms with Crippen molar-refractivity contribution < 1.29 is 32.3 Å². The zero-order valence-corrected chi connectivity index (χ0v) is 14.4. The van der Waals surface area contributed by atoms with Gasteiger partial charge in [0, 0.05) is 12.5 Å². The number of hydrogen-bond donors (Lipinski definition) is 1. The van der Waals surface area contributed by atoms with Crippen LogP contribution in [-0.2, 0) is 33.9 Å². The van der Waals surface area contributed by atoms with Crippen LogP contribution in [0.5, 0.6) is 0 Å². The first kappa shape index (κ1) is 19.4. The predicted octanol–water partition coefficient (Wildman–Crippen LogP) is -0.979. The quantitative estimate of drug-likeness (QED) is 0.612. The number of rotatable bonds is 6. The first-order chi connectivity index (χ1) is 10.4. The molecule has 1 unspecified atom stereocenters. The van der Waals surface area contributed by atoms with Crippen molar-refractivity contribution in [2.75, 3.05) is 26.0 Å². The van der Waals surface area contributed by atoms with Crippen molar-refractivity contribution in [2.45, 2.75) is 38.8 Å². The molecule has 1 aliphatic heterocycles. The summed E-state index contributed by atoms with van der Waals surface area (Å²) in [5.74, 6) is -2.00. The average Bonchev–Trinajstić information content (AvgIpc) is 2.39. The van der Waals surface area contributed by atoms with E-state index in [9.17, 15) is 22.8 Å². The van der Waals surface area contributed by atoms with Crippen molar-refractivity contribution in [3.05, 3.63) is 0 Å². The Morgan fingerprint density at radius 2 is 1.83 bits per heavy atom. The van der Waals surface area contributed by atoms with Gasteiger partial charge in [0.2, 0.25) is 15.9 Å². The predicted molar refractivity (Wildman–Crippen MR) is 79.8 cm³/mol. The molecule has 0 saturated carbocycles. The Labute approximate surface area is 135 Å². The zero-order chi connectivity index (χ0) is 17.8. The molecule has 1 saturated heterocycles. The second kappa shape index (κ2) is 7.26. The number of sulfonamides is 1. The van der Waals surface area contributed by atoms with E-state index in [0.29, 0.717) is 0 Å². The fourth-order valence-corrected chi connectivity index (χ4v) is 3.61. The van der Waals surface area contributed by atoms with Crippen LogP contribution >= 0.6 is 0 Å². The lowest BCUT2D eigenvalue weighted by molar-refractivity contribution is -0.155. The summed E-state index contributed by atoms with van der Waals surface area (Å²) in [7, 11) is -2.35. The summed E-state index contributed by atoms with van der Waals surface area (Å²) in [5, 5.41) is 2.32. The summed E-state index contributed by atoms with van der Waals surface area (Å²) in [6, 6.07) is -0.620. The topological polar surface area (TPSA) is 119 Å². The van der Waals surface area contributed by atoms with Crippen LogP contribution < -0.4 is 5.32 Å². The number of nitrogens with zero attached hydrogens (tertiary/aromatic N) is 1. The van der Waals surface area contributed by atoms with Crippen LogP contribution in [-0.4, -0.2) is 68.2 Å². The molecule has 1 amide bonds. The highest BCUT2D eigenvalue weighted by molar-refractivity contribution is 7.90. The van der Waals surface area contributed by atoms with Gasteiger partial charge in [0.15, 0.2) is 0 Å². The number of methoxy groups -OCH3 is 1. The second-order valence-corrected chi connectivity index (χ2v) is 8.09. The van der Waals surface area contributed by atoms with E-state index in [0.717, 1.165) is 4.31 Å². The number of nitrogens with one attached hydrogen (secondary N) is 1. The van der Waals surface area contributed by atoms with E-state index in [1.54, 1.807) is 20.8 Å². The molecule has 1 atom stereocenters.